The van der Waals surface area contributed by atoms with Gasteiger partial charge in [0.2, 0.25) is 11.8 Å². The molecule has 0 aromatic heterocycles. The Bertz CT molecular complexity index is 906. The number of nitrogens with one attached hydrogen (secondary N) is 3. The van der Waals surface area contributed by atoms with Gasteiger partial charge in [-0.25, -0.2) is 0 Å². The number of primary amides is 1. The molecule has 0 radical (unpaired) electrons. The van der Waals surface area contributed by atoms with E-state index in [4.69, 9.17) is 15.2 Å². The number of ether oxygens (including phenoxy) is 2. The molecular formula is C30H52N6O5. The summed E-state index contributed by atoms with van der Waals surface area (Å²) in [6.07, 6.45) is 12.1. The highest BCUT2D eigenvalue weighted by molar-refractivity contribution is 5.81. The second kappa shape index (κ2) is 20.7. The fourth-order valence-electron chi connectivity index (χ4n) is 4.90. The summed E-state index contributed by atoms with van der Waals surface area (Å²) in [6.45, 7) is 13.1. The second-order valence-electron chi connectivity index (χ2n) is 10.2. The van der Waals surface area contributed by atoms with Gasteiger partial charge in [-0.1, -0.05) is 25.3 Å². The third kappa shape index (κ3) is 13.4. The monoisotopic (exact) mass is 576 g/mol. The Labute approximate surface area is 246 Å². The summed E-state index contributed by atoms with van der Waals surface area (Å²) >= 11 is 0. The van der Waals surface area contributed by atoms with Gasteiger partial charge in [-0.3, -0.25) is 14.5 Å². The third-order valence-corrected chi connectivity index (χ3v) is 7.12. The Kier molecular flexibility index (Phi) is 18.1. The zero-order chi connectivity index (χ0) is 30.6. The van der Waals surface area contributed by atoms with Crippen molar-refractivity contribution in [3.8, 4) is 0 Å². The summed E-state index contributed by atoms with van der Waals surface area (Å²) in [5, 5.41) is 8.74. The van der Waals surface area contributed by atoms with Crippen molar-refractivity contribution in [3.05, 3.63) is 48.5 Å². The number of carbonyl (C=O) groups is 3. The highest BCUT2D eigenvalue weighted by Gasteiger charge is 2.34. The minimum atomic E-state index is -0.650. The lowest BCUT2D eigenvalue weighted by molar-refractivity contribution is -0.123. The molecule has 0 aromatic rings. The van der Waals surface area contributed by atoms with E-state index in [-0.39, 0.29) is 30.4 Å². The summed E-state index contributed by atoms with van der Waals surface area (Å²) in [6, 6.07) is -0.662. The van der Waals surface area contributed by atoms with Gasteiger partial charge >= 0.3 is 0 Å². The van der Waals surface area contributed by atoms with Crippen LogP contribution in [0.5, 0.6) is 0 Å². The van der Waals surface area contributed by atoms with E-state index in [0.717, 1.165) is 57.2 Å². The quantitative estimate of drug-likeness (QED) is 0.141. The summed E-state index contributed by atoms with van der Waals surface area (Å²) in [5.74, 6) is 1.10. The molecule has 1 saturated heterocycles. The maximum Gasteiger partial charge on any atom is 0.234 e. The van der Waals surface area contributed by atoms with Crippen LogP contribution in [-0.4, -0.2) is 107 Å². The van der Waals surface area contributed by atoms with Gasteiger partial charge in [0.05, 0.1) is 25.0 Å². The molecule has 232 valence electrons. The van der Waals surface area contributed by atoms with E-state index in [9.17, 15) is 14.4 Å². The predicted molar refractivity (Wildman–Crippen MR) is 163 cm³/mol. The van der Waals surface area contributed by atoms with E-state index in [0.29, 0.717) is 32.1 Å². The van der Waals surface area contributed by atoms with E-state index in [1.807, 2.05) is 29.8 Å². The van der Waals surface area contributed by atoms with Crippen LogP contribution >= 0.6 is 0 Å². The zero-order valence-corrected chi connectivity index (χ0v) is 25.5. The topological polar surface area (TPSA) is 138 Å². The van der Waals surface area contributed by atoms with Crippen LogP contribution in [0, 0.1) is 0 Å². The molecule has 2 aliphatic heterocycles. The van der Waals surface area contributed by atoms with Crippen LogP contribution in [0.1, 0.15) is 45.4 Å². The molecule has 2 heterocycles. The molecule has 1 fully saturated rings. The molecule has 2 amide bonds. The Hall–Kier alpha value is -3.15. The first-order valence-electron chi connectivity index (χ1n) is 14.4. The van der Waals surface area contributed by atoms with Crippen LogP contribution in [0.3, 0.4) is 0 Å². The molecule has 0 aliphatic carbocycles. The first-order valence-corrected chi connectivity index (χ1v) is 14.4. The number of aldehydes is 1. The minimum absolute atomic E-state index is 0.141. The first-order chi connectivity index (χ1) is 19.7. The Morgan fingerprint density at radius 3 is 2.68 bits per heavy atom. The smallest absolute Gasteiger partial charge is 0.234 e. The second-order valence-corrected chi connectivity index (χ2v) is 10.2. The zero-order valence-electron chi connectivity index (χ0n) is 25.5. The SMILES string of the molecule is C=C(NCCCOC)N(CCC1CCC(C(N)=O)N1C)CC(C=O)NC(=O)CNC.C=CC1=C(/C=C\C)CCCO1. The lowest BCUT2D eigenvalue weighted by atomic mass is 10.1. The Morgan fingerprint density at radius 2 is 2.10 bits per heavy atom. The van der Waals surface area contributed by atoms with Crippen LogP contribution in [0.4, 0.5) is 0 Å². The van der Waals surface area contributed by atoms with Gasteiger partial charge in [-0.15, -0.1) is 0 Å². The molecule has 0 saturated carbocycles. The van der Waals surface area contributed by atoms with E-state index >= 15 is 0 Å². The Morgan fingerprint density at radius 1 is 1.34 bits per heavy atom. The molecule has 11 nitrogen and oxygen atoms in total. The van der Waals surface area contributed by atoms with E-state index < -0.39 is 6.04 Å². The highest BCUT2D eigenvalue weighted by Crippen LogP contribution is 2.25. The first kappa shape index (κ1) is 35.9. The molecule has 0 aromatic carbocycles. The number of carbonyl (C=O) groups excluding carboxylic acids is 3. The van der Waals surface area contributed by atoms with Crippen molar-refractivity contribution in [2.24, 2.45) is 5.73 Å². The van der Waals surface area contributed by atoms with Crippen molar-refractivity contribution < 1.29 is 23.9 Å². The van der Waals surface area contributed by atoms with Crippen LogP contribution in [0.2, 0.25) is 0 Å². The Balaban J connectivity index is 0.000000634. The molecule has 0 spiro atoms. The van der Waals surface area contributed by atoms with Crippen LogP contribution in [0.25, 0.3) is 0 Å². The number of hydrogen-bond donors (Lipinski definition) is 4. The van der Waals surface area contributed by atoms with E-state index in [1.165, 1.54) is 5.57 Å². The van der Waals surface area contributed by atoms with Crippen molar-refractivity contribution in [1.29, 1.82) is 0 Å². The van der Waals surface area contributed by atoms with Crippen molar-refractivity contribution >= 4 is 18.1 Å². The molecule has 3 atom stereocenters. The van der Waals surface area contributed by atoms with Gasteiger partial charge in [-0.05, 0) is 71.2 Å². The lowest BCUT2D eigenvalue weighted by Gasteiger charge is -2.32. The van der Waals surface area contributed by atoms with Crippen molar-refractivity contribution in [2.45, 2.75) is 63.6 Å². The average molecular weight is 577 g/mol. The number of amides is 2. The predicted octanol–water partition coefficient (Wildman–Crippen LogP) is 1.44. The van der Waals surface area contributed by atoms with Crippen LogP contribution < -0.4 is 21.7 Å². The minimum Gasteiger partial charge on any atom is -0.493 e. The number of likely N-dealkylation sites (tertiary alicyclic amines) is 1. The normalized spacial score (nSPS) is 19.5. The molecule has 2 rings (SSSR count). The number of nitrogens with two attached hydrogens (primary N) is 1. The van der Waals surface area contributed by atoms with Gasteiger partial charge in [0.25, 0.3) is 0 Å². The number of methoxy groups -OCH3 is 1. The molecule has 41 heavy (non-hydrogen) atoms. The largest absolute Gasteiger partial charge is 0.493 e. The van der Waals surface area contributed by atoms with Gasteiger partial charge < -0.3 is 40.9 Å². The highest BCUT2D eigenvalue weighted by atomic mass is 16.5. The molecule has 5 N–H and O–H groups in total. The van der Waals surface area contributed by atoms with Crippen molar-refractivity contribution in [3.63, 3.8) is 0 Å². The van der Waals surface area contributed by atoms with Gasteiger partial charge in [0, 0.05) is 39.4 Å². The van der Waals surface area contributed by atoms with E-state index in [2.05, 4.69) is 35.2 Å². The van der Waals surface area contributed by atoms with Gasteiger partial charge in [0.15, 0.2) is 0 Å². The number of rotatable bonds is 18. The maximum atomic E-state index is 11.9. The van der Waals surface area contributed by atoms with Crippen molar-refractivity contribution in [2.75, 3.05) is 60.6 Å². The lowest BCUT2D eigenvalue weighted by Crippen LogP contribution is -2.49. The van der Waals surface area contributed by atoms with Gasteiger partial charge in [-0.2, -0.15) is 0 Å². The van der Waals surface area contributed by atoms with Crippen LogP contribution in [0.15, 0.2) is 48.5 Å². The third-order valence-electron chi connectivity index (χ3n) is 7.12. The summed E-state index contributed by atoms with van der Waals surface area (Å²) in [7, 11) is 5.24. The molecule has 3 unspecified atom stereocenters. The summed E-state index contributed by atoms with van der Waals surface area (Å²) in [5.41, 5.74) is 6.75. The van der Waals surface area contributed by atoms with Crippen LogP contribution in [-0.2, 0) is 23.9 Å². The number of likely N-dealkylation sites (N-methyl/N-ethyl adjacent to an activating group) is 2. The molecule has 0 bridgehead atoms. The molecule has 2 aliphatic rings. The fourth-order valence-corrected chi connectivity index (χ4v) is 4.90. The average Bonchev–Trinajstić information content (AvgIpc) is 3.33. The number of hydrogen-bond acceptors (Lipinski definition) is 9. The fraction of sp³-hybridized carbons (Fsp3) is 0.633. The number of nitrogens with zero attached hydrogens (tertiary/aromatic N) is 2. The van der Waals surface area contributed by atoms with Gasteiger partial charge in [0.1, 0.15) is 18.1 Å². The maximum absolute atomic E-state index is 11.9. The summed E-state index contributed by atoms with van der Waals surface area (Å²) < 4.78 is 10.5. The van der Waals surface area contributed by atoms with E-state index in [1.54, 1.807) is 20.2 Å². The number of allylic oxidation sites excluding steroid dienone is 4. The summed E-state index contributed by atoms with van der Waals surface area (Å²) in [4.78, 5) is 39.0. The molecule has 11 heteroatoms. The van der Waals surface area contributed by atoms with Crippen molar-refractivity contribution in [1.82, 2.24) is 25.8 Å². The molecular weight excluding hydrogens is 524 g/mol. The standard InChI is InChI=1S/C20H38N6O4.C10H14O/c1-15(23-9-5-11-30-4)26(13-16(14-27)24-19(28)12-22-2)10-8-17-6-7-18(20(21)29)25(17)3;1-3-6-9-7-5-8-11-10(9)4-2/h14,16-18,22-23H,1,5-13H2,2-4H3,(H2,21,29)(H,24,28);3-4,6H,2,5,7-8H2,1H3/b;6-3-.